The lowest BCUT2D eigenvalue weighted by Gasteiger charge is -2.12. The first-order chi connectivity index (χ1) is 7.04. The Morgan fingerprint density at radius 2 is 1.73 bits per heavy atom. The van der Waals surface area contributed by atoms with Gasteiger partial charge in [0.1, 0.15) is 5.82 Å². The zero-order valence-corrected chi connectivity index (χ0v) is 8.78. The van der Waals surface area contributed by atoms with E-state index in [1.807, 2.05) is 13.8 Å². The summed E-state index contributed by atoms with van der Waals surface area (Å²) in [4.78, 5) is 0. The smallest absolute Gasteiger partial charge is 0.161 e. The van der Waals surface area contributed by atoms with Crippen LogP contribution in [0, 0.1) is 23.4 Å². The quantitative estimate of drug-likeness (QED) is 0.760. The predicted molar refractivity (Wildman–Crippen MR) is 54.3 cm³/mol. The molecule has 1 N–H and O–H groups in total. The molecule has 0 aromatic heterocycles. The van der Waals surface area contributed by atoms with Gasteiger partial charge >= 0.3 is 0 Å². The number of halogens is 3. The Kier molecular flexibility index (Phi) is 4.00. The Morgan fingerprint density at radius 1 is 1.13 bits per heavy atom. The molecule has 0 aliphatic carbocycles. The van der Waals surface area contributed by atoms with Gasteiger partial charge in [-0.1, -0.05) is 20.3 Å². The molecule has 0 spiro atoms. The van der Waals surface area contributed by atoms with Crippen molar-refractivity contribution in [3.8, 4) is 0 Å². The maximum absolute atomic E-state index is 13.1. The van der Waals surface area contributed by atoms with E-state index in [-0.39, 0.29) is 5.69 Å². The average molecular weight is 217 g/mol. The molecule has 0 saturated heterocycles. The first-order valence-electron chi connectivity index (χ1n) is 4.93. The van der Waals surface area contributed by atoms with Gasteiger partial charge in [-0.25, -0.2) is 13.2 Å². The van der Waals surface area contributed by atoms with Crippen molar-refractivity contribution in [1.82, 2.24) is 0 Å². The van der Waals surface area contributed by atoms with Gasteiger partial charge in [0.25, 0.3) is 0 Å². The minimum atomic E-state index is -1.17. The normalized spacial score (nSPS) is 12.6. The summed E-state index contributed by atoms with van der Waals surface area (Å²) in [6.45, 7) is 4.54. The Bertz CT molecular complexity index is 339. The molecule has 0 heterocycles. The molecule has 1 nitrogen and oxygen atoms in total. The molecular weight excluding hydrogens is 203 g/mol. The van der Waals surface area contributed by atoms with Crippen molar-refractivity contribution in [2.24, 2.45) is 5.92 Å². The third kappa shape index (κ3) is 3.15. The van der Waals surface area contributed by atoms with Crippen LogP contribution in [0.4, 0.5) is 18.9 Å². The summed E-state index contributed by atoms with van der Waals surface area (Å²) in [7, 11) is 0. The summed E-state index contributed by atoms with van der Waals surface area (Å²) in [5, 5.41) is 2.75. The lowest BCUT2D eigenvalue weighted by atomic mass is 10.1. The van der Waals surface area contributed by atoms with Gasteiger partial charge in [-0.05, 0) is 5.92 Å². The molecule has 0 aliphatic rings. The Morgan fingerprint density at radius 3 is 2.33 bits per heavy atom. The molecule has 0 amide bonds. The molecule has 1 unspecified atom stereocenters. The molecular formula is C11H14F3N. The molecule has 1 aromatic rings. The molecule has 4 heteroatoms. The van der Waals surface area contributed by atoms with Crippen LogP contribution in [0.5, 0.6) is 0 Å². The van der Waals surface area contributed by atoms with E-state index >= 15 is 0 Å². The fourth-order valence-electron chi connectivity index (χ4n) is 1.09. The Hall–Kier alpha value is -1.19. The topological polar surface area (TPSA) is 12.0 Å². The monoisotopic (exact) mass is 217 g/mol. The molecule has 15 heavy (non-hydrogen) atoms. The second-order valence-corrected chi connectivity index (χ2v) is 3.64. The average Bonchev–Trinajstić information content (AvgIpc) is 2.21. The van der Waals surface area contributed by atoms with E-state index in [2.05, 4.69) is 5.32 Å². The maximum Gasteiger partial charge on any atom is 0.161 e. The van der Waals surface area contributed by atoms with Crippen LogP contribution in [0.25, 0.3) is 0 Å². The minimum absolute atomic E-state index is 0.00852. The number of anilines is 1. The van der Waals surface area contributed by atoms with E-state index in [4.69, 9.17) is 0 Å². The highest BCUT2D eigenvalue weighted by molar-refractivity contribution is 5.45. The summed E-state index contributed by atoms with van der Waals surface area (Å²) in [5.74, 6) is -2.61. The van der Waals surface area contributed by atoms with Gasteiger partial charge in [0.2, 0.25) is 0 Å². The van der Waals surface area contributed by atoms with E-state index in [0.29, 0.717) is 18.5 Å². The van der Waals surface area contributed by atoms with Crippen LogP contribution in [0.15, 0.2) is 12.1 Å². The highest BCUT2D eigenvalue weighted by Crippen LogP contribution is 2.18. The summed E-state index contributed by atoms with van der Waals surface area (Å²) >= 11 is 0. The van der Waals surface area contributed by atoms with Gasteiger partial charge in [0, 0.05) is 18.7 Å². The van der Waals surface area contributed by atoms with Gasteiger partial charge in [-0.3, -0.25) is 0 Å². The van der Waals surface area contributed by atoms with Gasteiger partial charge < -0.3 is 5.32 Å². The second kappa shape index (κ2) is 5.05. The molecule has 84 valence electrons. The molecule has 0 radical (unpaired) electrons. The predicted octanol–water partition coefficient (Wildman–Crippen LogP) is 3.56. The van der Waals surface area contributed by atoms with Crippen LogP contribution in [0.1, 0.15) is 20.3 Å². The third-order valence-corrected chi connectivity index (χ3v) is 2.35. The highest BCUT2D eigenvalue weighted by atomic mass is 19.2. The summed E-state index contributed by atoms with van der Waals surface area (Å²) in [6, 6.07) is 1.39. The summed E-state index contributed by atoms with van der Waals surface area (Å²) in [6.07, 6.45) is 0.943. The van der Waals surface area contributed by atoms with Crippen LogP contribution in [0.3, 0.4) is 0 Å². The van der Waals surface area contributed by atoms with Crippen LogP contribution in [-0.2, 0) is 0 Å². The summed E-state index contributed by atoms with van der Waals surface area (Å²) < 4.78 is 38.5. The lowest BCUT2D eigenvalue weighted by molar-refractivity contribution is 0.495. The van der Waals surface area contributed by atoms with Crippen molar-refractivity contribution in [2.45, 2.75) is 20.3 Å². The largest absolute Gasteiger partial charge is 0.382 e. The number of benzene rings is 1. The Balaban J connectivity index is 2.73. The van der Waals surface area contributed by atoms with Gasteiger partial charge in [-0.15, -0.1) is 0 Å². The van der Waals surface area contributed by atoms with Crippen molar-refractivity contribution in [3.63, 3.8) is 0 Å². The first-order valence-corrected chi connectivity index (χ1v) is 4.93. The van der Waals surface area contributed by atoms with E-state index in [0.717, 1.165) is 12.5 Å². The fourth-order valence-corrected chi connectivity index (χ4v) is 1.09. The molecule has 0 saturated carbocycles. The number of rotatable bonds is 4. The van der Waals surface area contributed by atoms with Gasteiger partial charge in [0.15, 0.2) is 11.6 Å². The third-order valence-electron chi connectivity index (χ3n) is 2.35. The van der Waals surface area contributed by atoms with Crippen LogP contribution in [-0.4, -0.2) is 6.54 Å². The summed E-state index contributed by atoms with van der Waals surface area (Å²) in [5.41, 5.74) is 0.00852. The van der Waals surface area contributed by atoms with Gasteiger partial charge in [0.05, 0.1) is 5.69 Å². The van der Waals surface area contributed by atoms with E-state index in [1.165, 1.54) is 0 Å². The van der Waals surface area contributed by atoms with Crippen LogP contribution in [0.2, 0.25) is 0 Å². The molecule has 1 rings (SSSR count). The highest BCUT2D eigenvalue weighted by Gasteiger charge is 2.09. The number of hydrogen-bond donors (Lipinski definition) is 1. The minimum Gasteiger partial charge on any atom is -0.382 e. The SMILES string of the molecule is CCC(C)CNc1cc(F)c(F)cc1F. The standard InChI is InChI=1S/C11H14F3N/c1-3-7(2)6-15-11-5-9(13)8(12)4-10(11)14/h4-5,7,15H,3,6H2,1-2H3. The van der Waals surface area contributed by atoms with E-state index in [9.17, 15) is 13.2 Å². The second-order valence-electron chi connectivity index (χ2n) is 3.64. The zero-order valence-electron chi connectivity index (χ0n) is 8.78. The zero-order chi connectivity index (χ0) is 11.4. The van der Waals surface area contributed by atoms with Crippen molar-refractivity contribution in [1.29, 1.82) is 0 Å². The van der Waals surface area contributed by atoms with Crippen molar-refractivity contribution in [2.75, 3.05) is 11.9 Å². The Labute approximate surface area is 87.3 Å². The number of nitrogens with one attached hydrogen (secondary N) is 1. The van der Waals surface area contributed by atoms with Crippen LogP contribution < -0.4 is 5.32 Å². The molecule has 1 aromatic carbocycles. The van der Waals surface area contributed by atoms with Crippen molar-refractivity contribution in [3.05, 3.63) is 29.6 Å². The van der Waals surface area contributed by atoms with Crippen molar-refractivity contribution >= 4 is 5.69 Å². The molecule has 0 aliphatic heterocycles. The first kappa shape index (κ1) is 11.9. The maximum atomic E-state index is 13.1. The van der Waals surface area contributed by atoms with Crippen LogP contribution >= 0.6 is 0 Å². The fraction of sp³-hybridized carbons (Fsp3) is 0.455. The lowest BCUT2D eigenvalue weighted by Crippen LogP contribution is -2.11. The molecule has 1 atom stereocenters. The molecule has 0 bridgehead atoms. The van der Waals surface area contributed by atoms with Crippen molar-refractivity contribution < 1.29 is 13.2 Å². The van der Waals surface area contributed by atoms with E-state index < -0.39 is 17.5 Å². The number of hydrogen-bond acceptors (Lipinski definition) is 1. The van der Waals surface area contributed by atoms with Gasteiger partial charge in [-0.2, -0.15) is 0 Å². The molecule has 0 fully saturated rings. The van der Waals surface area contributed by atoms with E-state index in [1.54, 1.807) is 0 Å².